The highest BCUT2D eigenvalue weighted by Crippen LogP contribution is 2.25. The molecule has 1 aromatic heterocycles. The van der Waals surface area contributed by atoms with Crippen molar-refractivity contribution in [1.82, 2.24) is 0 Å². The van der Waals surface area contributed by atoms with E-state index in [0.717, 1.165) is 11.3 Å². The summed E-state index contributed by atoms with van der Waals surface area (Å²) in [5, 5.41) is 14.2. The molecule has 104 valence electrons. The first kappa shape index (κ1) is 14.8. The molecule has 0 bridgehead atoms. The lowest BCUT2D eigenvalue weighted by atomic mass is 10.1. The van der Waals surface area contributed by atoms with Crippen molar-refractivity contribution in [3.63, 3.8) is 0 Å². The standard InChI is InChI=1S/C13H9Cl2NO3S/c14-9-2-1-7(5-10(9)15)6-11(17)16-12-8(13(18)19)3-4-20-12/h1-5H,6H2,(H,16,17)(H,18,19). The minimum atomic E-state index is -1.07. The Morgan fingerprint density at radius 1 is 1.20 bits per heavy atom. The molecule has 20 heavy (non-hydrogen) atoms. The molecule has 1 amide bonds. The number of hydrogen-bond acceptors (Lipinski definition) is 3. The number of carboxylic acids is 1. The molecule has 0 unspecified atom stereocenters. The molecule has 0 radical (unpaired) electrons. The fourth-order valence-electron chi connectivity index (χ4n) is 1.58. The molecule has 0 aliphatic heterocycles. The summed E-state index contributed by atoms with van der Waals surface area (Å²) in [6, 6.07) is 6.36. The summed E-state index contributed by atoms with van der Waals surface area (Å²) in [4.78, 5) is 22.8. The van der Waals surface area contributed by atoms with Crippen molar-refractivity contribution in [2.24, 2.45) is 0 Å². The summed E-state index contributed by atoms with van der Waals surface area (Å²) < 4.78 is 0. The summed E-state index contributed by atoms with van der Waals surface area (Å²) >= 11 is 12.8. The van der Waals surface area contributed by atoms with E-state index in [2.05, 4.69) is 5.32 Å². The molecule has 2 aromatic rings. The maximum absolute atomic E-state index is 11.9. The van der Waals surface area contributed by atoms with Gasteiger partial charge in [-0.25, -0.2) is 4.79 Å². The Labute approximate surface area is 128 Å². The maximum atomic E-state index is 11.9. The number of aromatic carboxylic acids is 1. The lowest BCUT2D eigenvalue weighted by molar-refractivity contribution is -0.115. The molecule has 4 nitrogen and oxygen atoms in total. The van der Waals surface area contributed by atoms with E-state index in [1.807, 2.05) is 0 Å². The van der Waals surface area contributed by atoms with Crippen LogP contribution in [0, 0.1) is 0 Å². The molecule has 1 heterocycles. The first-order chi connectivity index (χ1) is 9.47. The van der Waals surface area contributed by atoms with E-state index in [4.69, 9.17) is 28.3 Å². The number of halogens is 2. The molecule has 0 spiro atoms. The number of carboxylic acid groups (broad SMARTS) is 1. The molecule has 2 rings (SSSR count). The summed E-state index contributed by atoms with van der Waals surface area (Å²) in [6.07, 6.45) is 0.0911. The van der Waals surface area contributed by atoms with Gasteiger partial charge in [-0.2, -0.15) is 0 Å². The van der Waals surface area contributed by atoms with Gasteiger partial charge >= 0.3 is 5.97 Å². The Morgan fingerprint density at radius 2 is 1.95 bits per heavy atom. The second kappa shape index (κ2) is 6.26. The number of rotatable bonds is 4. The van der Waals surface area contributed by atoms with Crippen molar-refractivity contribution in [1.29, 1.82) is 0 Å². The maximum Gasteiger partial charge on any atom is 0.338 e. The molecule has 0 aliphatic rings. The van der Waals surface area contributed by atoms with Crippen LogP contribution < -0.4 is 5.32 Å². The Bertz CT molecular complexity index is 669. The van der Waals surface area contributed by atoms with Crippen molar-refractivity contribution in [2.75, 3.05) is 5.32 Å². The Morgan fingerprint density at radius 3 is 2.60 bits per heavy atom. The number of nitrogens with one attached hydrogen (secondary N) is 1. The first-order valence-electron chi connectivity index (χ1n) is 5.52. The van der Waals surface area contributed by atoms with Crippen LogP contribution in [0.1, 0.15) is 15.9 Å². The van der Waals surface area contributed by atoms with Gasteiger partial charge < -0.3 is 10.4 Å². The Hall–Kier alpha value is -1.56. The topological polar surface area (TPSA) is 66.4 Å². The van der Waals surface area contributed by atoms with Gasteiger partial charge in [0.15, 0.2) is 0 Å². The lowest BCUT2D eigenvalue weighted by Crippen LogP contribution is -2.15. The third-order valence-electron chi connectivity index (χ3n) is 2.50. The fraction of sp³-hybridized carbons (Fsp3) is 0.0769. The highest BCUT2D eigenvalue weighted by Gasteiger charge is 2.14. The lowest BCUT2D eigenvalue weighted by Gasteiger charge is -2.05. The zero-order valence-corrected chi connectivity index (χ0v) is 12.4. The molecule has 2 N–H and O–H groups in total. The summed E-state index contributed by atoms with van der Waals surface area (Å²) in [5.41, 5.74) is 0.780. The average molecular weight is 330 g/mol. The van der Waals surface area contributed by atoms with Gasteiger partial charge in [-0.05, 0) is 29.1 Å². The van der Waals surface area contributed by atoms with Crippen molar-refractivity contribution in [2.45, 2.75) is 6.42 Å². The second-order valence-corrected chi connectivity index (χ2v) is 5.67. The van der Waals surface area contributed by atoms with Gasteiger partial charge in [0.2, 0.25) is 5.91 Å². The average Bonchev–Trinajstić information content (AvgIpc) is 2.82. The van der Waals surface area contributed by atoms with Crippen LogP contribution in [0.3, 0.4) is 0 Å². The smallest absolute Gasteiger partial charge is 0.338 e. The zero-order chi connectivity index (χ0) is 14.7. The highest BCUT2D eigenvalue weighted by atomic mass is 35.5. The van der Waals surface area contributed by atoms with Gasteiger partial charge in [0.25, 0.3) is 0 Å². The fourth-order valence-corrected chi connectivity index (χ4v) is 2.70. The van der Waals surface area contributed by atoms with Gasteiger partial charge in [0, 0.05) is 0 Å². The highest BCUT2D eigenvalue weighted by molar-refractivity contribution is 7.14. The monoisotopic (exact) mass is 329 g/mol. The van der Waals surface area contributed by atoms with Crippen LogP contribution in [0.25, 0.3) is 0 Å². The molecule has 7 heteroatoms. The van der Waals surface area contributed by atoms with E-state index < -0.39 is 5.97 Å². The predicted molar refractivity (Wildman–Crippen MR) is 80.1 cm³/mol. The van der Waals surface area contributed by atoms with E-state index in [1.54, 1.807) is 23.6 Å². The van der Waals surface area contributed by atoms with Gasteiger partial charge in [-0.3, -0.25) is 4.79 Å². The van der Waals surface area contributed by atoms with Gasteiger partial charge in [-0.15, -0.1) is 11.3 Å². The third kappa shape index (κ3) is 3.50. The van der Waals surface area contributed by atoms with Crippen LogP contribution >= 0.6 is 34.5 Å². The van der Waals surface area contributed by atoms with E-state index in [9.17, 15) is 9.59 Å². The van der Waals surface area contributed by atoms with Crippen LogP contribution in [-0.2, 0) is 11.2 Å². The number of amides is 1. The van der Waals surface area contributed by atoms with Crippen LogP contribution in [0.15, 0.2) is 29.6 Å². The minimum absolute atomic E-state index is 0.0810. The minimum Gasteiger partial charge on any atom is -0.478 e. The van der Waals surface area contributed by atoms with Crippen LogP contribution in [-0.4, -0.2) is 17.0 Å². The quantitative estimate of drug-likeness (QED) is 0.892. The van der Waals surface area contributed by atoms with Crippen molar-refractivity contribution in [3.05, 3.63) is 50.8 Å². The van der Waals surface area contributed by atoms with Crippen LogP contribution in [0.2, 0.25) is 10.0 Å². The Balaban J connectivity index is 2.07. The molecule has 1 aromatic carbocycles. The largest absolute Gasteiger partial charge is 0.478 e. The van der Waals surface area contributed by atoms with Crippen molar-refractivity contribution in [3.8, 4) is 0 Å². The van der Waals surface area contributed by atoms with Gasteiger partial charge in [0.1, 0.15) is 5.00 Å². The molecule has 0 fully saturated rings. The van der Waals surface area contributed by atoms with E-state index in [1.165, 1.54) is 6.07 Å². The second-order valence-electron chi connectivity index (χ2n) is 3.94. The van der Waals surface area contributed by atoms with E-state index in [0.29, 0.717) is 20.6 Å². The zero-order valence-electron chi connectivity index (χ0n) is 10.0. The van der Waals surface area contributed by atoms with Crippen molar-refractivity contribution < 1.29 is 14.7 Å². The molecular weight excluding hydrogens is 321 g/mol. The predicted octanol–water partition coefficient (Wildman–Crippen LogP) is 3.93. The molecular formula is C13H9Cl2NO3S. The summed E-state index contributed by atoms with van der Waals surface area (Å²) in [5.74, 6) is -1.38. The number of thiophene rings is 1. The Kier molecular flexibility index (Phi) is 4.65. The number of carbonyl (C=O) groups excluding carboxylic acids is 1. The van der Waals surface area contributed by atoms with E-state index in [-0.39, 0.29) is 17.9 Å². The van der Waals surface area contributed by atoms with Crippen LogP contribution in [0.5, 0.6) is 0 Å². The first-order valence-corrected chi connectivity index (χ1v) is 7.15. The number of benzene rings is 1. The number of carbonyl (C=O) groups is 2. The SMILES string of the molecule is O=C(Cc1ccc(Cl)c(Cl)c1)Nc1sccc1C(=O)O. The van der Waals surface area contributed by atoms with Crippen LogP contribution in [0.4, 0.5) is 5.00 Å². The van der Waals surface area contributed by atoms with Gasteiger partial charge in [-0.1, -0.05) is 29.3 Å². The van der Waals surface area contributed by atoms with Crippen molar-refractivity contribution >= 4 is 51.4 Å². The third-order valence-corrected chi connectivity index (χ3v) is 4.07. The van der Waals surface area contributed by atoms with Gasteiger partial charge in [0.05, 0.1) is 22.0 Å². The molecule has 0 aliphatic carbocycles. The number of anilines is 1. The summed E-state index contributed by atoms with van der Waals surface area (Å²) in [6.45, 7) is 0. The molecule has 0 saturated heterocycles. The van der Waals surface area contributed by atoms with E-state index >= 15 is 0 Å². The number of hydrogen-bond donors (Lipinski definition) is 2. The molecule has 0 saturated carbocycles. The summed E-state index contributed by atoms with van der Waals surface area (Å²) in [7, 11) is 0. The normalized spacial score (nSPS) is 10.3. The molecule has 0 atom stereocenters.